The molecule has 0 radical (unpaired) electrons. The SMILES string of the molecule is CC(=O)OCC(COP(=O)(O)OCCNC(=O)OC(C)(C)CCOC(C)(C)CCNC(=O)COCC(=O)NCCN(CCO)c1ccc(/C=C/c2ccncn2)cc1)OC(=O)C(C)(C)CC(C)(C)C. The standard InChI is InChI=1S/C47H75N6O15P/c1-35(55)63-29-39(67-42(58)45(5,6)33-44(2,3)4)30-66-69(60,61)65-28-23-51-43(59)68-47(9,10)19-27-64-46(7,8)18-21-49-40(56)31-62-32-41(57)50-22-24-53(25-26-54)38-15-12-36(13-16-38)11-14-37-17-20-48-34-52-37/h11-17,20,34,39,54H,18-19,21-33H2,1-10H3,(H,49,56)(H,50,57)(H,51,59)(H,60,61)/b14-11+. The van der Waals surface area contributed by atoms with E-state index in [9.17, 15) is 38.5 Å². The summed E-state index contributed by atoms with van der Waals surface area (Å²) >= 11 is 0. The Kier molecular flexibility index (Phi) is 25.5. The van der Waals surface area contributed by atoms with Crippen LogP contribution in [-0.4, -0.2) is 146 Å². The predicted molar refractivity (Wildman–Crippen MR) is 257 cm³/mol. The number of hydrogen-bond acceptors (Lipinski definition) is 17. The first kappa shape index (κ1) is 60.1. The lowest BCUT2D eigenvalue weighted by Crippen LogP contribution is -2.39. The van der Waals surface area contributed by atoms with Gasteiger partial charge in [-0.15, -0.1) is 0 Å². The minimum atomic E-state index is -4.68. The van der Waals surface area contributed by atoms with Crippen LogP contribution < -0.4 is 20.9 Å². The molecule has 388 valence electrons. The van der Waals surface area contributed by atoms with Crippen LogP contribution in [0.2, 0.25) is 0 Å². The Labute approximate surface area is 406 Å². The summed E-state index contributed by atoms with van der Waals surface area (Å²) in [5.41, 5.74) is -0.0783. The number of nitrogens with one attached hydrogen (secondary N) is 3. The van der Waals surface area contributed by atoms with Gasteiger partial charge in [0, 0.05) is 58.0 Å². The maximum atomic E-state index is 12.9. The molecule has 0 aliphatic heterocycles. The maximum absolute atomic E-state index is 12.9. The van der Waals surface area contributed by atoms with E-state index in [-0.39, 0.29) is 50.8 Å². The van der Waals surface area contributed by atoms with Crippen molar-refractivity contribution in [2.45, 2.75) is 106 Å². The van der Waals surface area contributed by atoms with Gasteiger partial charge >= 0.3 is 25.9 Å². The molecule has 2 unspecified atom stereocenters. The van der Waals surface area contributed by atoms with Crippen LogP contribution in [0.15, 0.2) is 42.9 Å². The molecule has 0 fully saturated rings. The Hall–Kier alpha value is -5.02. The highest BCUT2D eigenvalue weighted by molar-refractivity contribution is 7.47. The van der Waals surface area contributed by atoms with E-state index in [1.807, 2.05) is 75.9 Å². The highest BCUT2D eigenvalue weighted by Crippen LogP contribution is 2.43. The van der Waals surface area contributed by atoms with E-state index in [1.54, 1.807) is 40.0 Å². The first-order valence-corrected chi connectivity index (χ1v) is 24.3. The average Bonchev–Trinajstić information content (AvgIpc) is 3.24. The first-order chi connectivity index (χ1) is 32.2. The van der Waals surface area contributed by atoms with Crippen LogP contribution in [0.5, 0.6) is 0 Å². The van der Waals surface area contributed by atoms with Crippen LogP contribution >= 0.6 is 7.82 Å². The van der Waals surface area contributed by atoms with Gasteiger partial charge in [-0.25, -0.2) is 19.3 Å². The minimum Gasteiger partial charge on any atom is -0.462 e. The summed E-state index contributed by atoms with van der Waals surface area (Å²) in [5.74, 6) is -2.03. The van der Waals surface area contributed by atoms with E-state index < -0.39 is 74.3 Å². The van der Waals surface area contributed by atoms with Crippen molar-refractivity contribution < 1.29 is 71.3 Å². The maximum Gasteiger partial charge on any atom is 0.472 e. The van der Waals surface area contributed by atoms with Gasteiger partial charge < -0.3 is 54.5 Å². The quantitative estimate of drug-likeness (QED) is 0.0284. The highest BCUT2D eigenvalue weighted by atomic mass is 31.2. The van der Waals surface area contributed by atoms with Crippen LogP contribution in [-0.2, 0) is 56.5 Å². The third-order valence-corrected chi connectivity index (χ3v) is 10.8. The molecule has 2 atom stereocenters. The van der Waals surface area contributed by atoms with Crippen molar-refractivity contribution in [3.05, 3.63) is 54.1 Å². The Bertz CT molecular complexity index is 1980. The Morgan fingerprint density at radius 1 is 0.797 bits per heavy atom. The summed E-state index contributed by atoms with van der Waals surface area (Å²) in [6.07, 6.45) is 6.22. The van der Waals surface area contributed by atoms with E-state index in [0.29, 0.717) is 38.9 Å². The number of phosphoric ester groups is 1. The van der Waals surface area contributed by atoms with Crippen molar-refractivity contribution in [1.82, 2.24) is 25.9 Å². The number of carbonyl (C=O) groups is 5. The number of benzene rings is 1. The monoisotopic (exact) mass is 995 g/mol. The van der Waals surface area contributed by atoms with Crippen molar-refractivity contribution in [1.29, 1.82) is 0 Å². The lowest BCUT2D eigenvalue weighted by molar-refractivity contribution is -0.169. The summed E-state index contributed by atoms with van der Waals surface area (Å²) < 4.78 is 49.8. The van der Waals surface area contributed by atoms with Gasteiger partial charge in [-0.2, -0.15) is 0 Å². The van der Waals surface area contributed by atoms with Gasteiger partial charge in [-0.3, -0.25) is 28.2 Å². The molecule has 2 aromatic rings. The fourth-order valence-electron chi connectivity index (χ4n) is 6.59. The van der Waals surface area contributed by atoms with Gasteiger partial charge in [0.05, 0.1) is 43.1 Å². The van der Waals surface area contributed by atoms with Crippen molar-refractivity contribution in [2.24, 2.45) is 10.8 Å². The number of amides is 3. The van der Waals surface area contributed by atoms with Gasteiger partial charge in [-0.05, 0) is 89.6 Å². The molecular weight excluding hydrogens is 920 g/mol. The van der Waals surface area contributed by atoms with Crippen molar-refractivity contribution in [2.75, 3.05) is 83.9 Å². The lowest BCUT2D eigenvalue weighted by Gasteiger charge is -2.31. The molecule has 22 heteroatoms. The number of phosphoric acid groups is 1. The molecule has 5 N–H and O–H groups in total. The molecule has 0 saturated heterocycles. The number of carbonyl (C=O) groups excluding carboxylic acids is 5. The zero-order valence-corrected chi connectivity index (χ0v) is 42.8. The second-order valence-corrected chi connectivity index (χ2v) is 20.6. The van der Waals surface area contributed by atoms with Gasteiger partial charge in [-0.1, -0.05) is 39.0 Å². The third-order valence-electron chi connectivity index (χ3n) is 9.79. The molecule has 21 nitrogen and oxygen atoms in total. The van der Waals surface area contributed by atoms with Gasteiger partial charge in [0.15, 0.2) is 6.10 Å². The molecule has 3 amide bonds. The molecule has 69 heavy (non-hydrogen) atoms. The molecule has 0 aliphatic rings. The second-order valence-electron chi connectivity index (χ2n) is 19.2. The number of aliphatic hydroxyl groups excluding tert-OH is 1. The third kappa shape index (κ3) is 27.7. The molecular formula is C47H75N6O15P. The molecule has 2 rings (SSSR count). The Morgan fingerprint density at radius 2 is 1.46 bits per heavy atom. The number of aromatic nitrogens is 2. The lowest BCUT2D eigenvalue weighted by atomic mass is 9.76. The molecule has 1 aromatic heterocycles. The molecule has 1 heterocycles. The zero-order chi connectivity index (χ0) is 51.7. The number of anilines is 1. The predicted octanol–water partition coefficient (Wildman–Crippen LogP) is 4.85. The molecule has 0 spiro atoms. The van der Waals surface area contributed by atoms with E-state index in [0.717, 1.165) is 16.9 Å². The minimum absolute atomic E-state index is 0.0653. The number of esters is 2. The van der Waals surface area contributed by atoms with Crippen LogP contribution in [0.25, 0.3) is 12.2 Å². The normalized spacial score (nSPS) is 13.5. The number of alkyl carbamates (subject to hydrolysis) is 1. The molecule has 0 aliphatic carbocycles. The molecule has 1 aromatic carbocycles. The summed E-state index contributed by atoms with van der Waals surface area (Å²) in [5, 5.41) is 17.5. The first-order valence-electron chi connectivity index (χ1n) is 22.8. The van der Waals surface area contributed by atoms with Crippen LogP contribution in [0.3, 0.4) is 0 Å². The summed E-state index contributed by atoms with van der Waals surface area (Å²) in [6.45, 7) is 16.8. The van der Waals surface area contributed by atoms with E-state index >= 15 is 0 Å². The fraction of sp³-hybridized carbons (Fsp3) is 0.638. The zero-order valence-electron chi connectivity index (χ0n) is 41.9. The summed E-state index contributed by atoms with van der Waals surface area (Å²) in [4.78, 5) is 81.8. The van der Waals surface area contributed by atoms with Gasteiger partial charge in [0.2, 0.25) is 11.8 Å². The van der Waals surface area contributed by atoms with Crippen molar-refractivity contribution in [3.63, 3.8) is 0 Å². The number of nitrogens with zero attached hydrogens (tertiary/aromatic N) is 3. The largest absolute Gasteiger partial charge is 0.472 e. The number of ether oxygens (including phenoxy) is 5. The van der Waals surface area contributed by atoms with Gasteiger partial charge in [0.1, 0.15) is 31.7 Å². The number of rotatable bonds is 32. The van der Waals surface area contributed by atoms with Crippen molar-refractivity contribution in [3.8, 4) is 0 Å². The molecule has 0 saturated carbocycles. The topological polar surface area (TPSA) is 273 Å². The van der Waals surface area contributed by atoms with Crippen molar-refractivity contribution >= 4 is 55.5 Å². The number of hydrogen-bond donors (Lipinski definition) is 5. The van der Waals surface area contributed by atoms with E-state index in [1.165, 1.54) is 13.3 Å². The summed E-state index contributed by atoms with van der Waals surface area (Å²) in [6, 6.07) is 9.57. The fourth-order valence-corrected chi connectivity index (χ4v) is 7.34. The highest BCUT2D eigenvalue weighted by Gasteiger charge is 2.36. The van der Waals surface area contributed by atoms with E-state index in [2.05, 4.69) is 25.9 Å². The smallest absolute Gasteiger partial charge is 0.462 e. The number of aliphatic hydroxyl groups is 1. The molecule has 0 bridgehead atoms. The average molecular weight is 995 g/mol. The van der Waals surface area contributed by atoms with Crippen LogP contribution in [0.1, 0.15) is 99.8 Å². The Morgan fingerprint density at radius 3 is 2.07 bits per heavy atom. The van der Waals surface area contributed by atoms with Crippen LogP contribution in [0.4, 0.5) is 10.5 Å². The summed E-state index contributed by atoms with van der Waals surface area (Å²) in [7, 11) is -4.68. The van der Waals surface area contributed by atoms with E-state index in [4.69, 9.17) is 32.7 Å². The second kappa shape index (κ2) is 29.2. The Balaban J connectivity index is 1.63. The van der Waals surface area contributed by atoms with Crippen LogP contribution in [0, 0.1) is 10.8 Å². The van der Waals surface area contributed by atoms with Gasteiger partial charge in [0.25, 0.3) is 0 Å².